The van der Waals surface area contributed by atoms with Crippen molar-refractivity contribution in [2.45, 2.75) is 72.6 Å². The first-order valence-corrected chi connectivity index (χ1v) is 8.02. The number of aryl methyl sites for hydroxylation is 2. The van der Waals surface area contributed by atoms with Gasteiger partial charge in [-0.1, -0.05) is 0 Å². The highest BCUT2D eigenvalue weighted by Crippen LogP contribution is 2.42. The van der Waals surface area contributed by atoms with Gasteiger partial charge >= 0.3 is 0 Å². The topological polar surface area (TPSA) is 47.0 Å². The minimum Gasteiger partial charge on any atom is -0.370 e. The second-order valence-electron chi connectivity index (χ2n) is 7.05. The van der Waals surface area contributed by atoms with Gasteiger partial charge in [0.25, 0.3) is 0 Å². The summed E-state index contributed by atoms with van der Waals surface area (Å²) in [7, 11) is 0. The van der Waals surface area contributed by atoms with Gasteiger partial charge in [0, 0.05) is 35.6 Å². The van der Waals surface area contributed by atoms with Gasteiger partial charge in [-0.3, -0.25) is 0 Å². The second-order valence-corrected chi connectivity index (χ2v) is 7.05. The molecule has 0 spiro atoms. The predicted molar refractivity (Wildman–Crippen MR) is 85.2 cm³/mol. The first-order chi connectivity index (χ1) is 9.81. The van der Waals surface area contributed by atoms with Crippen LogP contribution in [0.15, 0.2) is 0 Å². The molecule has 1 heterocycles. The van der Waals surface area contributed by atoms with Crippen LogP contribution in [-0.4, -0.2) is 22.1 Å². The first kappa shape index (κ1) is 16.4. The van der Waals surface area contributed by atoms with Crippen LogP contribution in [0.1, 0.15) is 69.4 Å². The van der Waals surface area contributed by atoms with Crippen molar-refractivity contribution >= 4 is 0 Å². The standard InChI is InChI=1S/C17H29N3O/c1-7-21-15(13-8-9-13)16-19-11(2)14(12(3)20-16)10-18-17(4,5)6/h13,15,18H,7-10H2,1-6H3. The lowest BCUT2D eigenvalue weighted by atomic mass is 10.1. The molecular weight excluding hydrogens is 262 g/mol. The molecule has 1 aliphatic carbocycles. The van der Waals surface area contributed by atoms with E-state index in [9.17, 15) is 0 Å². The summed E-state index contributed by atoms with van der Waals surface area (Å²) in [4.78, 5) is 9.48. The van der Waals surface area contributed by atoms with E-state index < -0.39 is 0 Å². The zero-order valence-corrected chi connectivity index (χ0v) is 14.3. The average molecular weight is 291 g/mol. The number of hydrogen-bond donors (Lipinski definition) is 1. The Hall–Kier alpha value is -1.00. The van der Waals surface area contributed by atoms with Crippen molar-refractivity contribution in [1.29, 1.82) is 0 Å². The molecule has 0 bridgehead atoms. The molecule has 0 aromatic carbocycles. The number of rotatable bonds is 6. The van der Waals surface area contributed by atoms with Gasteiger partial charge in [-0.25, -0.2) is 9.97 Å². The molecule has 1 unspecified atom stereocenters. The summed E-state index contributed by atoms with van der Waals surface area (Å²) in [6.07, 6.45) is 2.55. The van der Waals surface area contributed by atoms with E-state index in [-0.39, 0.29) is 11.6 Å². The van der Waals surface area contributed by atoms with Crippen molar-refractivity contribution in [2.75, 3.05) is 6.61 Å². The van der Waals surface area contributed by atoms with Crippen LogP contribution in [0, 0.1) is 19.8 Å². The fraction of sp³-hybridized carbons (Fsp3) is 0.765. The van der Waals surface area contributed by atoms with E-state index in [1.807, 2.05) is 6.92 Å². The molecule has 118 valence electrons. The van der Waals surface area contributed by atoms with Crippen molar-refractivity contribution in [1.82, 2.24) is 15.3 Å². The third-order valence-electron chi connectivity index (χ3n) is 3.88. The SMILES string of the molecule is CCOC(c1nc(C)c(CNC(C)(C)C)c(C)n1)C1CC1. The number of aromatic nitrogens is 2. The van der Waals surface area contributed by atoms with Gasteiger partial charge < -0.3 is 10.1 Å². The van der Waals surface area contributed by atoms with Crippen LogP contribution in [0.4, 0.5) is 0 Å². The lowest BCUT2D eigenvalue weighted by Gasteiger charge is -2.23. The van der Waals surface area contributed by atoms with Crippen molar-refractivity contribution in [2.24, 2.45) is 5.92 Å². The third-order valence-corrected chi connectivity index (χ3v) is 3.88. The fourth-order valence-corrected chi connectivity index (χ4v) is 2.50. The van der Waals surface area contributed by atoms with Crippen LogP contribution in [0.3, 0.4) is 0 Å². The smallest absolute Gasteiger partial charge is 0.157 e. The summed E-state index contributed by atoms with van der Waals surface area (Å²) in [6.45, 7) is 14.2. The molecule has 4 heteroatoms. The molecule has 1 aromatic heterocycles. The second kappa shape index (κ2) is 6.41. The largest absolute Gasteiger partial charge is 0.370 e. The normalized spacial score (nSPS) is 17.0. The van der Waals surface area contributed by atoms with Crippen molar-refractivity contribution < 1.29 is 4.74 Å². The fourth-order valence-electron chi connectivity index (χ4n) is 2.50. The Balaban J connectivity index is 2.19. The van der Waals surface area contributed by atoms with Crippen LogP contribution in [-0.2, 0) is 11.3 Å². The van der Waals surface area contributed by atoms with Crippen molar-refractivity contribution in [3.63, 3.8) is 0 Å². The lowest BCUT2D eigenvalue weighted by Crippen LogP contribution is -2.35. The van der Waals surface area contributed by atoms with Crippen LogP contribution in [0.25, 0.3) is 0 Å². The Bertz CT molecular complexity index is 466. The monoisotopic (exact) mass is 291 g/mol. The van der Waals surface area contributed by atoms with E-state index in [1.165, 1.54) is 18.4 Å². The zero-order valence-electron chi connectivity index (χ0n) is 14.3. The maximum absolute atomic E-state index is 5.88. The van der Waals surface area contributed by atoms with E-state index in [0.29, 0.717) is 5.92 Å². The summed E-state index contributed by atoms with van der Waals surface area (Å²) in [5, 5.41) is 3.52. The van der Waals surface area contributed by atoms with Gasteiger partial charge in [0.2, 0.25) is 0 Å². The van der Waals surface area contributed by atoms with Gasteiger partial charge in [-0.15, -0.1) is 0 Å². The molecular formula is C17H29N3O. The van der Waals surface area contributed by atoms with Crippen LogP contribution in [0.5, 0.6) is 0 Å². The highest BCUT2D eigenvalue weighted by atomic mass is 16.5. The number of nitrogens with zero attached hydrogens (tertiary/aromatic N) is 2. The predicted octanol–water partition coefficient (Wildman–Crippen LogP) is 3.47. The maximum atomic E-state index is 5.88. The minimum atomic E-state index is 0.0806. The Labute approximate surface area is 128 Å². The molecule has 1 fully saturated rings. The molecule has 0 radical (unpaired) electrons. The molecule has 1 N–H and O–H groups in total. The Morgan fingerprint density at radius 2 is 1.76 bits per heavy atom. The van der Waals surface area contributed by atoms with Crippen LogP contribution >= 0.6 is 0 Å². The first-order valence-electron chi connectivity index (χ1n) is 8.02. The summed E-state index contributed by atoms with van der Waals surface area (Å²) < 4.78 is 5.88. The molecule has 0 saturated heterocycles. The zero-order chi connectivity index (χ0) is 15.6. The van der Waals surface area contributed by atoms with E-state index in [0.717, 1.165) is 30.4 Å². The van der Waals surface area contributed by atoms with Gasteiger partial charge in [0.05, 0.1) is 0 Å². The third kappa shape index (κ3) is 4.48. The summed E-state index contributed by atoms with van der Waals surface area (Å²) in [5.74, 6) is 1.48. The highest BCUT2D eigenvalue weighted by Gasteiger charge is 2.35. The van der Waals surface area contributed by atoms with Crippen molar-refractivity contribution in [3.05, 3.63) is 22.8 Å². The van der Waals surface area contributed by atoms with Gasteiger partial charge in [0.15, 0.2) is 5.82 Å². The number of ether oxygens (including phenoxy) is 1. The summed E-state index contributed by atoms with van der Waals surface area (Å²) in [5.41, 5.74) is 3.44. The van der Waals surface area contributed by atoms with Gasteiger partial charge in [-0.2, -0.15) is 0 Å². The maximum Gasteiger partial charge on any atom is 0.157 e. The van der Waals surface area contributed by atoms with Crippen LogP contribution in [0.2, 0.25) is 0 Å². The number of hydrogen-bond acceptors (Lipinski definition) is 4. The molecule has 1 saturated carbocycles. The minimum absolute atomic E-state index is 0.0806. The molecule has 1 aliphatic rings. The molecule has 1 aromatic rings. The Morgan fingerprint density at radius 3 is 2.19 bits per heavy atom. The molecule has 21 heavy (non-hydrogen) atoms. The van der Waals surface area contributed by atoms with Gasteiger partial charge in [-0.05, 0) is 60.3 Å². The van der Waals surface area contributed by atoms with E-state index in [4.69, 9.17) is 14.7 Å². The summed E-state index contributed by atoms with van der Waals surface area (Å²) in [6, 6.07) is 0. The number of nitrogens with one attached hydrogen (secondary N) is 1. The van der Waals surface area contributed by atoms with E-state index in [2.05, 4.69) is 39.9 Å². The van der Waals surface area contributed by atoms with Crippen LogP contribution < -0.4 is 5.32 Å². The Morgan fingerprint density at radius 1 is 1.19 bits per heavy atom. The molecule has 2 rings (SSSR count). The molecule has 1 atom stereocenters. The van der Waals surface area contributed by atoms with E-state index in [1.54, 1.807) is 0 Å². The molecule has 0 aliphatic heterocycles. The summed E-state index contributed by atoms with van der Waals surface area (Å²) >= 11 is 0. The lowest BCUT2D eigenvalue weighted by molar-refractivity contribution is 0.0397. The quantitative estimate of drug-likeness (QED) is 0.872. The van der Waals surface area contributed by atoms with Crippen molar-refractivity contribution in [3.8, 4) is 0 Å². The molecule has 0 amide bonds. The van der Waals surface area contributed by atoms with E-state index >= 15 is 0 Å². The Kier molecular flexibility index (Phi) is 4.99. The van der Waals surface area contributed by atoms with Gasteiger partial charge in [0.1, 0.15) is 6.10 Å². The highest BCUT2D eigenvalue weighted by molar-refractivity contribution is 5.25. The average Bonchev–Trinajstić information content (AvgIpc) is 3.17. The molecule has 4 nitrogen and oxygen atoms in total.